The Morgan fingerprint density at radius 1 is 1.14 bits per heavy atom. The summed E-state index contributed by atoms with van der Waals surface area (Å²) in [4.78, 5) is 7.05. The summed E-state index contributed by atoms with van der Waals surface area (Å²) < 4.78 is 5.44. The van der Waals surface area contributed by atoms with E-state index >= 15 is 0 Å². The minimum Gasteiger partial charge on any atom is -0.497 e. The van der Waals surface area contributed by atoms with Crippen LogP contribution in [0.3, 0.4) is 0 Å². The van der Waals surface area contributed by atoms with E-state index in [9.17, 15) is 5.11 Å². The smallest absolute Gasteiger partial charge is 0.121 e. The molecule has 0 spiro atoms. The number of aromatic nitrogens is 1. The Morgan fingerprint density at radius 2 is 1.79 bits per heavy atom. The maximum atomic E-state index is 11.1. The number of benzene rings is 1. The fraction of sp³-hybridized carbons (Fsp3) is 0.609. The van der Waals surface area contributed by atoms with E-state index < -0.39 is 5.60 Å². The Kier molecular flexibility index (Phi) is 7.67. The molecule has 1 heterocycles. The Balaban J connectivity index is 2.17. The molecule has 0 aliphatic carbocycles. The molecule has 28 heavy (non-hydrogen) atoms. The Bertz CT molecular complexity index is 762. The van der Waals surface area contributed by atoms with Crippen LogP contribution in [0, 0.1) is 18.8 Å². The molecule has 1 aromatic heterocycles. The Morgan fingerprint density at radius 3 is 2.36 bits per heavy atom. The van der Waals surface area contributed by atoms with E-state index in [0.29, 0.717) is 24.9 Å². The SMILES string of the molecule is COc1cc(NC[C@@](C)(O)CN(CC(C)C)CC(C)C)c2nc(C)ccc2c1. The number of anilines is 1. The molecule has 0 aliphatic heterocycles. The molecular weight excluding hydrogens is 350 g/mol. The van der Waals surface area contributed by atoms with Crippen LogP contribution in [-0.4, -0.2) is 53.9 Å². The molecule has 0 saturated heterocycles. The fourth-order valence-corrected chi connectivity index (χ4v) is 3.62. The van der Waals surface area contributed by atoms with Crippen molar-refractivity contribution in [3.63, 3.8) is 0 Å². The van der Waals surface area contributed by atoms with Crippen LogP contribution in [0.15, 0.2) is 24.3 Å². The van der Waals surface area contributed by atoms with E-state index in [1.54, 1.807) is 7.11 Å². The van der Waals surface area contributed by atoms with Crippen LogP contribution in [0.2, 0.25) is 0 Å². The molecule has 0 fully saturated rings. The van der Waals surface area contributed by atoms with Gasteiger partial charge in [0.25, 0.3) is 0 Å². The van der Waals surface area contributed by atoms with Crippen molar-refractivity contribution in [3.8, 4) is 5.75 Å². The summed E-state index contributed by atoms with van der Waals surface area (Å²) in [6.07, 6.45) is 0. The van der Waals surface area contributed by atoms with Gasteiger partial charge in [0.15, 0.2) is 0 Å². The summed E-state index contributed by atoms with van der Waals surface area (Å²) in [7, 11) is 1.67. The molecule has 5 nitrogen and oxygen atoms in total. The second-order valence-corrected chi connectivity index (χ2v) is 9.03. The van der Waals surface area contributed by atoms with Crippen LogP contribution in [0.25, 0.3) is 10.9 Å². The van der Waals surface area contributed by atoms with Gasteiger partial charge >= 0.3 is 0 Å². The van der Waals surface area contributed by atoms with Crippen molar-refractivity contribution in [2.24, 2.45) is 11.8 Å². The second kappa shape index (κ2) is 9.57. The summed E-state index contributed by atoms with van der Waals surface area (Å²) >= 11 is 0. The van der Waals surface area contributed by atoms with E-state index in [-0.39, 0.29) is 0 Å². The maximum Gasteiger partial charge on any atom is 0.121 e. The number of fused-ring (bicyclic) bond motifs is 1. The third-order valence-corrected chi connectivity index (χ3v) is 4.61. The fourth-order valence-electron chi connectivity index (χ4n) is 3.62. The van der Waals surface area contributed by atoms with Gasteiger partial charge in [-0.15, -0.1) is 0 Å². The molecule has 0 saturated carbocycles. The molecule has 1 aromatic carbocycles. The van der Waals surface area contributed by atoms with Crippen LogP contribution >= 0.6 is 0 Å². The summed E-state index contributed by atoms with van der Waals surface area (Å²) in [5.41, 5.74) is 1.89. The van der Waals surface area contributed by atoms with Gasteiger partial charge in [-0.25, -0.2) is 0 Å². The maximum absolute atomic E-state index is 11.1. The third-order valence-electron chi connectivity index (χ3n) is 4.61. The van der Waals surface area contributed by atoms with Gasteiger partial charge < -0.3 is 15.2 Å². The van der Waals surface area contributed by atoms with Crippen LogP contribution in [0.4, 0.5) is 5.69 Å². The van der Waals surface area contributed by atoms with E-state index in [4.69, 9.17) is 4.74 Å². The number of aryl methyl sites for hydroxylation is 1. The predicted octanol–water partition coefficient (Wildman–Crippen LogP) is 4.33. The van der Waals surface area contributed by atoms with E-state index in [0.717, 1.165) is 41.1 Å². The molecule has 2 aromatic rings. The lowest BCUT2D eigenvalue weighted by Crippen LogP contribution is -2.47. The summed E-state index contributed by atoms with van der Waals surface area (Å²) in [6, 6.07) is 7.98. The number of hydrogen-bond acceptors (Lipinski definition) is 5. The topological polar surface area (TPSA) is 57.6 Å². The van der Waals surface area contributed by atoms with Crippen LogP contribution < -0.4 is 10.1 Å². The third kappa shape index (κ3) is 6.64. The van der Waals surface area contributed by atoms with Gasteiger partial charge in [-0.1, -0.05) is 33.8 Å². The molecule has 0 radical (unpaired) electrons. The first-order valence-corrected chi connectivity index (χ1v) is 10.2. The van der Waals surface area contributed by atoms with E-state index in [1.165, 1.54) is 0 Å². The van der Waals surface area contributed by atoms with Crippen molar-refractivity contribution in [1.29, 1.82) is 0 Å². The zero-order chi connectivity index (χ0) is 20.9. The number of nitrogens with zero attached hydrogens (tertiary/aromatic N) is 2. The van der Waals surface area contributed by atoms with Crippen LogP contribution in [0.5, 0.6) is 5.75 Å². The van der Waals surface area contributed by atoms with Gasteiger partial charge in [0.1, 0.15) is 5.75 Å². The predicted molar refractivity (Wildman–Crippen MR) is 118 cm³/mol. The minimum absolute atomic E-state index is 0.442. The van der Waals surface area contributed by atoms with Gasteiger partial charge in [0.05, 0.1) is 23.9 Å². The van der Waals surface area contributed by atoms with Gasteiger partial charge in [-0.05, 0) is 37.8 Å². The lowest BCUT2D eigenvalue weighted by atomic mass is 10.0. The van der Waals surface area contributed by atoms with Gasteiger partial charge in [-0.3, -0.25) is 9.88 Å². The number of ether oxygens (including phenoxy) is 1. The number of nitrogens with one attached hydrogen (secondary N) is 1. The Labute approximate surface area is 170 Å². The molecule has 2 rings (SSSR count). The zero-order valence-electron chi connectivity index (χ0n) is 18.5. The molecule has 2 N–H and O–H groups in total. The standard InChI is InChI=1S/C23H37N3O2/c1-16(2)12-26(13-17(3)4)15-23(6,27)14-24-21-11-20(28-7)10-19-9-8-18(5)25-22(19)21/h8-11,16-17,24,27H,12-15H2,1-7H3/t23-/m1/s1. The average Bonchev–Trinajstić information content (AvgIpc) is 2.58. The number of methoxy groups -OCH3 is 1. The molecule has 0 bridgehead atoms. The van der Waals surface area contributed by atoms with Crippen molar-refractivity contribution in [3.05, 3.63) is 30.0 Å². The summed E-state index contributed by atoms with van der Waals surface area (Å²) in [5.74, 6) is 1.91. The normalized spacial score (nSPS) is 14.1. The summed E-state index contributed by atoms with van der Waals surface area (Å²) in [6.45, 7) is 15.8. The van der Waals surface area contributed by atoms with Gasteiger partial charge in [0.2, 0.25) is 0 Å². The first-order valence-electron chi connectivity index (χ1n) is 10.2. The lowest BCUT2D eigenvalue weighted by Gasteiger charge is -2.34. The largest absolute Gasteiger partial charge is 0.497 e. The molecule has 0 amide bonds. The van der Waals surface area contributed by atoms with E-state index in [2.05, 4.69) is 49.0 Å². The monoisotopic (exact) mass is 387 g/mol. The average molecular weight is 388 g/mol. The molecular formula is C23H37N3O2. The number of hydrogen-bond donors (Lipinski definition) is 2. The number of aliphatic hydroxyl groups is 1. The van der Waals surface area contributed by atoms with Gasteiger partial charge in [-0.2, -0.15) is 0 Å². The van der Waals surface area contributed by atoms with Crippen molar-refractivity contribution in [1.82, 2.24) is 9.88 Å². The Hall–Kier alpha value is -1.85. The quantitative estimate of drug-likeness (QED) is 0.635. The van der Waals surface area contributed by atoms with Gasteiger partial charge in [0, 0.05) is 43.3 Å². The lowest BCUT2D eigenvalue weighted by molar-refractivity contribution is 0.0239. The molecule has 0 aliphatic rings. The summed E-state index contributed by atoms with van der Waals surface area (Å²) in [5, 5.41) is 15.5. The highest BCUT2D eigenvalue weighted by molar-refractivity contribution is 5.92. The molecule has 1 atom stereocenters. The van der Waals surface area contributed by atoms with Crippen molar-refractivity contribution in [2.45, 2.75) is 47.1 Å². The first kappa shape index (κ1) is 22.4. The zero-order valence-corrected chi connectivity index (χ0v) is 18.5. The van der Waals surface area contributed by atoms with Crippen molar-refractivity contribution < 1.29 is 9.84 Å². The minimum atomic E-state index is -0.858. The number of pyridine rings is 1. The highest BCUT2D eigenvalue weighted by Crippen LogP contribution is 2.28. The highest BCUT2D eigenvalue weighted by atomic mass is 16.5. The van der Waals surface area contributed by atoms with E-state index in [1.807, 2.05) is 32.0 Å². The molecule has 5 heteroatoms. The van der Waals surface area contributed by atoms with Crippen LogP contribution in [0.1, 0.15) is 40.3 Å². The number of rotatable bonds is 10. The second-order valence-electron chi connectivity index (χ2n) is 9.03. The first-order chi connectivity index (χ1) is 13.1. The molecule has 156 valence electrons. The highest BCUT2D eigenvalue weighted by Gasteiger charge is 2.25. The van der Waals surface area contributed by atoms with Crippen molar-refractivity contribution >= 4 is 16.6 Å². The van der Waals surface area contributed by atoms with Crippen LogP contribution in [-0.2, 0) is 0 Å². The molecule has 0 unspecified atom stereocenters. The van der Waals surface area contributed by atoms with Crippen molar-refractivity contribution in [2.75, 3.05) is 38.6 Å².